The summed E-state index contributed by atoms with van der Waals surface area (Å²) >= 11 is 0. The summed E-state index contributed by atoms with van der Waals surface area (Å²) in [5, 5.41) is 0. The molecule has 0 bridgehead atoms. The summed E-state index contributed by atoms with van der Waals surface area (Å²) in [5.41, 5.74) is 18.8. The Morgan fingerprint density at radius 2 is 1.27 bits per heavy atom. The molecule has 2 heterocycles. The normalized spacial score (nSPS) is 16.5. The Morgan fingerprint density at radius 1 is 0.650 bits per heavy atom. The van der Waals surface area contributed by atoms with Crippen LogP contribution in [0.25, 0.3) is 0 Å². The first kappa shape index (κ1) is 25.7. The van der Waals surface area contributed by atoms with Crippen molar-refractivity contribution in [2.45, 2.75) is 91.4 Å². The molecule has 202 valence electrons. The van der Waals surface area contributed by atoms with Crippen LogP contribution in [0.4, 0.5) is 17.1 Å². The van der Waals surface area contributed by atoms with Crippen LogP contribution in [0.5, 0.6) is 0 Å². The second kappa shape index (κ2) is 8.15. The minimum atomic E-state index is -0.0482. The summed E-state index contributed by atoms with van der Waals surface area (Å²) in [4.78, 5) is 2.55. The number of aryl methyl sites for hydroxylation is 3. The predicted octanol–water partition coefficient (Wildman–Crippen LogP) is 7.63. The lowest BCUT2D eigenvalue weighted by atomic mass is 9.29. The lowest BCUT2D eigenvalue weighted by molar-refractivity contribution is 0.590. The average Bonchev–Trinajstić information content (AvgIpc) is 2.86. The summed E-state index contributed by atoms with van der Waals surface area (Å²) in [5.74, 6) is 0. The fourth-order valence-corrected chi connectivity index (χ4v) is 7.43. The zero-order valence-corrected chi connectivity index (χ0v) is 25.8. The van der Waals surface area contributed by atoms with Crippen molar-refractivity contribution in [1.29, 1.82) is 0 Å². The molecule has 0 amide bonds. The highest BCUT2D eigenvalue weighted by atomic mass is 15.2. The van der Waals surface area contributed by atoms with Crippen LogP contribution in [0.2, 0.25) is 0 Å². The topological polar surface area (TPSA) is 3.24 Å². The highest BCUT2D eigenvalue weighted by molar-refractivity contribution is 6.99. The molecule has 0 fully saturated rings. The summed E-state index contributed by atoms with van der Waals surface area (Å²) in [7, 11) is 0. The van der Waals surface area contributed by atoms with E-state index in [0.717, 1.165) is 0 Å². The largest absolute Gasteiger partial charge is 0.312 e. The van der Waals surface area contributed by atoms with Crippen LogP contribution >= 0.6 is 0 Å². The van der Waals surface area contributed by atoms with E-state index in [2.05, 4.69) is 134 Å². The van der Waals surface area contributed by atoms with Gasteiger partial charge in [0, 0.05) is 22.5 Å². The van der Waals surface area contributed by atoms with Gasteiger partial charge >= 0.3 is 0 Å². The van der Waals surface area contributed by atoms with Gasteiger partial charge < -0.3 is 4.90 Å². The Morgan fingerprint density at radius 3 is 1.90 bits per heavy atom. The molecule has 0 N–H and O–H groups in total. The number of rotatable bonds is 1. The molecule has 0 unspecified atom stereocenters. The number of fused-ring (bicyclic) bond motifs is 5. The van der Waals surface area contributed by atoms with E-state index in [1.54, 1.807) is 11.1 Å². The average molecular weight is 524 g/mol. The van der Waals surface area contributed by atoms with E-state index in [-0.39, 0.29) is 23.0 Å². The number of nitrogens with zero attached hydrogens (tertiary/aromatic N) is 1. The lowest BCUT2D eigenvalue weighted by Gasteiger charge is -2.46. The predicted molar refractivity (Wildman–Crippen MR) is 174 cm³/mol. The third-order valence-electron chi connectivity index (χ3n) is 9.96. The number of anilines is 3. The molecule has 0 spiro atoms. The first-order chi connectivity index (χ1) is 18.7. The van der Waals surface area contributed by atoms with Crippen molar-refractivity contribution in [2.24, 2.45) is 0 Å². The number of benzene rings is 4. The van der Waals surface area contributed by atoms with Gasteiger partial charge in [0.2, 0.25) is 6.71 Å². The van der Waals surface area contributed by atoms with Gasteiger partial charge in [0.15, 0.2) is 0 Å². The molecule has 0 atom stereocenters. The second-order valence-electron chi connectivity index (χ2n) is 15.2. The fourth-order valence-electron chi connectivity index (χ4n) is 7.43. The van der Waals surface area contributed by atoms with Crippen molar-refractivity contribution in [3.05, 3.63) is 106 Å². The lowest BCUT2D eigenvalue weighted by Crippen LogP contribution is -2.64. The van der Waals surface area contributed by atoms with Crippen LogP contribution in [0.15, 0.2) is 66.7 Å². The van der Waals surface area contributed by atoms with Crippen LogP contribution in [0.1, 0.15) is 94.3 Å². The third-order valence-corrected chi connectivity index (χ3v) is 9.96. The molecule has 0 radical (unpaired) electrons. The quantitative estimate of drug-likeness (QED) is 0.204. The summed E-state index contributed by atoms with van der Waals surface area (Å²) in [6, 6.07) is 26.7. The van der Waals surface area contributed by atoms with Gasteiger partial charge in [-0.1, -0.05) is 103 Å². The minimum Gasteiger partial charge on any atom is -0.312 e. The second-order valence-corrected chi connectivity index (χ2v) is 15.2. The van der Waals surface area contributed by atoms with Crippen molar-refractivity contribution in [3.8, 4) is 0 Å². The zero-order valence-electron chi connectivity index (χ0n) is 25.8. The van der Waals surface area contributed by atoms with Gasteiger partial charge in [0.05, 0.1) is 0 Å². The van der Waals surface area contributed by atoms with Gasteiger partial charge in [-0.3, -0.25) is 0 Å². The molecule has 4 aromatic rings. The Labute approximate surface area is 241 Å². The molecular weight excluding hydrogens is 481 g/mol. The van der Waals surface area contributed by atoms with E-state index >= 15 is 0 Å². The van der Waals surface area contributed by atoms with Crippen molar-refractivity contribution >= 4 is 40.2 Å². The molecule has 0 saturated carbocycles. The first-order valence-electron chi connectivity index (χ1n) is 15.1. The van der Waals surface area contributed by atoms with Crippen LogP contribution in [-0.2, 0) is 29.1 Å². The van der Waals surface area contributed by atoms with Gasteiger partial charge in [0.1, 0.15) is 0 Å². The Balaban J connectivity index is 1.56. The third kappa shape index (κ3) is 3.61. The zero-order chi connectivity index (χ0) is 28.4. The van der Waals surface area contributed by atoms with Gasteiger partial charge in [0.25, 0.3) is 0 Å². The highest BCUT2D eigenvalue weighted by Gasteiger charge is 2.47. The fraction of sp³-hybridized carbons (Fsp3) is 0.368. The minimum absolute atomic E-state index is 0.0482. The van der Waals surface area contributed by atoms with E-state index < -0.39 is 0 Å². The van der Waals surface area contributed by atoms with Crippen LogP contribution < -0.4 is 21.3 Å². The molecule has 4 aromatic carbocycles. The standard InChI is InChI=1S/C38H42BN/c1-23-18-30-35-34(19-23)40(28-15-12-26(13-16-28)36(2,3)4)33-17-14-27(37(5,6)7)22-32(33)39(35)31-21-25-11-10-24(25)20-29(31)38(30,8)9/h12-22H,10-11H2,1-9H3. The first-order valence-corrected chi connectivity index (χ1v) is 15.1. The number of hydrogen-bond donors (Lipinski definition) is 0. The van der Waals surface area contributed by atoms with Gasteiger partial charge in [-0.25, -0.2) is 0 Å². The molecule has 40 heavy (non-hydrogen) atoms. The maximum Gasteiger partial charge on any atom is 0.247 e. The number of hydrogen-bond acceptors (Lipinski definition) is 1. The van der Waals surface area contributed by atoms with Crippen molar-refractivity contribution < 1.29 is 0 Å². The van der Waals surface area contributed by atoms with Crippen molar-refractivity contribution in [3.63, 3.8) is 0 Å². The van der Waals surface area contributed by atoms with Crippen LogP contribution in [-0.4, -0.2) is 6.71 Å². The molecule has 2 heteroatoms. The van der Waals surface area contributed by atoms with Gasteiger partial charge in [-0.05, 0) is 105 Å². The summed E-state index contributed by atoms with van der Waals surface area (Å²) in [6.07, 6.45) is 2.43. The maximum atomic E-state index is 2.58. The van der Waals surface area contributed by atoms with E-state index in [1.165, 1.54) is 74.1 Å². The molecule has 7 rings (SSSR count). The van der Waals surface area contributed by atoms with Crippen molar-refractivity contribution in [2.75, 3.05) is 4.90 Å². The Kier molecular flexibility index (Phi) is 5.24. The van der Waals surface area contributed by atoms with Crippen LogP contribution in [0.3, 0.4) is 0 Å². The summed E-state index contributed by atoms with van der Waals surface area (Å²) < 4.78 is 0. The van der Waals surface area contributed by atoms with Crippen LogP contribution in [0, 0.1) is 6.92 Å². The Hall–Kier alpha value is -3.26. The monoisotopic (exact) mass is 523 g/mol. The summed E-state index contributed by atoms with van der Waals surface area (Å²) in [6.45, 7) is 21.3. The van der Waals surface area contributed by atoms with E-state index in [0.29, 0.717) is 0 Å². The van der Waals surface area contributed by atoms with E-state index in [9.17, 15) is 0 Å². The smallest absolute Gasteiger partial charge is 0.247 e. The molecule has 1 nitrogen and oxygen atoms in total. The van der Waals surface area contributed by atoms with E-state index in [4.69, 9.17) is 0 Å². The molecule has 3 aliphatic rings. The van der Waals surface area contributed by atoms with Gasteiger partial charge in [-0.2, -0.15) is 0 Å². The molecule has 0 aromatic heterocycles. The van der Waals surface area contributed by atoms with Gasteiger partial charge in [-0.15, -0.1) is 0 Å². The SMILES string of the molecule is Cc1cc2c3c(c1)C(C)(C)c1cc4c(cc1B3c1cc(C(C)(C)C)ccc1N2c1ccc(C(C)(C)C)cc1)CC4. The van der Waals surface area contributed by atoms with Crippen molar-refractivity contribution in [1.82, 2.24) is 0 Å². The Bertz CT molecular complexity index is 1690. The molecule has 2 aliphatic heterocycles. The van der Waals surface area contributed by atoms with E-state index in [1.807, 2.05) is 0 Å². The maximum absolute atomic E-state index is 2.58. The molecule has 0 saturated heterocycles. The highest BCUT2D eigenvalue weighted by Crippen LogP contribution is 2.44. The molecule has 1 aliphatic carbocycles. The molecular formula is C38H42BN.